The third-order valence-corrected chi connectivity index (χ3v) is 3.08. The van der Waals surface area contributed by atoms with Gasteiger partial charge in [-0.05, 0) is 38.7 Å². The molecular formula is C15H23N5. The van der Waals surface area contributed by atoms with Gasteiger partial charge in [-0.3, -0.25) is 0 Å². The summed E-state index contributed by atoms with van der Waals surface area (Å²) in [4.78, 5) is 9.22. The van der Waals surface area contributed by atoms with Crippen LogP contribution in [0, 0.1) is 0 Å². The fraction of sp³-hybridized carbons (Fsp3) is 0.467. The topological polar surface area (TPSA) is 61.9 Å². The monoisotopic (exact) mass is 273 g/mol. The minimum atomic E-state index is 0.701. The maximum absolute atomic E-state index is 4.63. The lowest BCUT2D eigenvalue weighted by atomic mass is 10.2. The molecule has 1 aromatic carbocycles. The second-order valence-electron chi connectivity index (χ2n) is 4.67. The molecule has 5 nitrogen and oxygen atoms in total. The summed E-state index contributed by atoms with van der Waals surface area (Å²) in [6, 6.07) is 8.13. The van der Waals surface area contributed by atoms with E-state index in [4.69, 9.17) is 0 Å². The van der Waals surface area contributed by atoms with Crippen molar-refractivity contribution in [2.45, 2.75) is 19.9 Å². The molecule has 1 aromatic heterocycles. The summed E-state index contributed by atoms with van der Waals surface area (Å²) in [6.45, 7) is 5.61. The van der Waals surface area contributed by atoms with Gasteiger partial charge in [-0.25, -0.2) is 9.97 Å². The first-order valence-electron chi connectivity index (χ1n) is 7.20. The summed E-state index contributed by atoms with van der Waals surface area (Å²) in [7, 11) is 1.97. The first-order chi connectivity index (χ1) is 9.85. The molecule has 0 unspecified atom stereocenters. The van der Waals surface area contributed by atoms with E-state index in [0.29, 0.717) is 6.54 Å². The Labute approximate surface area is 120 Å². The summed E-state index contributed by atoms with van der Waals surface area (Å²) in [5.41, 5.74) is 0.992. The number of rotatable bonds is 8. The number of para-hydroxylation sites is 1. The summed E-state index contributed by atoms with van der Waals surface area (Å²) < 4.78 is 0. The average molecular weight is 273 g/mol. The van der Waals surface area contributed by atoms with Crippen LogP contribution in [-0.4, -0.2) is 36.6 Å². The molecule has 0 aliphatic carbocycles. The molecule has 108 valence electrons. The summed E-state index contributed by atoms with van der Waals surface area (Å²) in [6.07, 6.45) is 1.07. The van der Waals surface area contributed by atoms with E-state index in [9.17, 15) is 0 Å². The van der Waals surface area contributed by atoms with Crippen LogP contribution in [0.5, 0.6) is 0 Å². The normalized spacial score (nSPS) is 10.9. The largest absolute Gasteiger partial charge is 0.369 e. The lowest BCUT2D eigenvalue weighted by Crippen LogP contribution is -2.17. The first-order valence-corrected chi connectivity index (χ1v) is 7.20. The molecule has 0 aliphatic heterocycles. The smallest absolute Gasteiger partial charge is 0.145 e. The third kappa shape index (κ3) is 3.88. The SMILES string of the molecule is CCNCc1nc(NCCCNC)c2ccccc2n1. The van der Waals surface area contributed by atoms with E-state index < -0.39 is 0 Å². The second-order valence-corrected chi connectivity index (χ2v) is 4.67. The van der Waals surface area contributed by atoms with Gasteiger partial charge in [-0.2, -0.15) is 0 Å². The molecule has 0 atom stereocenters. The van der Waals surface area contributed by atoms with Crippen LogP contribution >= 0.6 is 0 Å². The van der Waals surface area contributed by atoms with Gasteiger partial charge in [0, 0.05) is 11.9 Å². The van der Waals surface area contributed by atoms with E-state index in [-0.39, 0.29) is 0 Å². The van der Waals surface area contributed by atoms with Gasteiger partial charge < -0.3 is 16.0 Å². The number of aromatic nitrogens is 2. The number of anilines is 1. The molecule has 3 N–H and O–H groups in total. The molecule has 0 aliphatic rings. The van der Waals surface area contributed by atoms with E-state index in [1.165, 1.54) is 0 Å². The Balaban J connectivity index is 2.19. The quantitative estimate of drug-likeness (QED) is 0.640. The molecule has 5 heteroatoms. The Kier molecular flexibility index (Phi) is 5.70. The number of benzene rings is 1. The van der Waals surface area contributed by atoms with Crippen LogP contribution in [0.1, 0.15) is 19.2 Å². The number of hydrogen-bond acceptors (Lipinski definition) is 5. The molecule has 0 bridgehead atoms. The standard InChI is InChI=1S/C15H23N5/c1-3-17-11-14-19-13-8-5-4-7-12(13)15(20-14)18-10-6-9-16-2/h4-5,7-8,16-17H,3,6,9-11H2,1-2H3,(H,18,19,20). The minimum absolute atomic E-state index is 0.701. The van der Waals surface area contributed by atoms with E-state index in [2.05, 4.69) is 38.9 Å². The highest BCUT2D eigenvalue weighted by atomic mass is 15.1. The highest BCUT2D eigenvalue weighted by molar-refractivity contribution is 5.88. The summed E-state index contributed by atoms with van der Waals surface area (Å²) >= 11 is 0. The van der Waals surface area contributed by atoms with Crippen molar-refractivity contribution in [1.82, 2.24) is 20.6 Å². The average Bonchev–Trinajstić information content (AvgIpc) is 2.49. The minimum Gasteiger partial charge on any atom is -0.369 e. The van der Waals surface area contributed by atoms with E-state index in [1.807, 2.05) is 25.2 Å². The predicted molar refractivity (Wildman–Crippen MR) is 84.0 cm³/mol. The van der Waals surface area contributed by atoms with Crippen LogP contribution < -0.4 is 16.0 Å². The van der Waals surface area contributed by atoms with Crippen molar-refractivity contribution in [3.63, 3.8) is 0 Å². The molecule has 2 aromatic rings. The van der Waals surface area contributed by atoms with Gasteiger partial charge in [0.05, 0.1) is 12.1 Å². The Morgan fingerprint density at radius 3 is 2.75 bits per heavy atom. The summed E-state index contributed by atoms with van der Waals surface area (Å²) in [5.74, 6) is 1.77. The van der Waals surface area contributed by atoms with Crippen molar-refractivity contribution in [3.05, 3.63) is 30.1 Å². The van der Waals surface area contributed by atoms with Gasteiger partial charge in [0.1, 0.15) is 11.6 Å². The number of fused-ring (bicyclic) bond motifs is 1. The van der Waals surface area contributed by atoms with Gasteiger partial charge >= 0.3 is 0 Å². The number of nitrogens with one attached hydrogen (secondary N) is 3. The van der Waals surface area contributed by atoms with Crippen molar-refractivity contribution in [2.75, 3.05) is 32.0 Å². The molecule has 0 saturated carbocycles. The Bertz CT molecular complexity index is 541. The van der Waals surface area contributed by atoms with Gasteiger partial charge in [0.25, 0.3) is 0 Å². The predicted octanol–water partition coefficient (Wildman–Crippen LogP) is 1.76. The maximum atomic E-state index is 4.63. The van der Waals surface area contributed by atoms with Crippen LogP contribution in [0.4, 0.5) is 5.82 Å². The van der Waals surface area contributed by atoms with Gasteiger partial charge in [-0.1, -0.05) is 19.1 Å². The van der Waals surface area contributed by atoms with Crippen molar-refractivity contribution < 1.29 is 0 Å². The van der Waals surface area contributed by atoms with Gasteiger partial charge in [-0.15, -0.1) is 0 Å². The van der Waals surface area contributed by atoms with E-state index in [0.717, 1.165) is 48.6 Å². The second kappa shape index (κ2) is 7.77. The maximum Gasteiger partial charge on any atom is 0.145 e. The highest BCUT2D eigenvalue weighted by Gasteiger charge is 2.06. The van der Waals surface area contributed by atoms with E-state index >= 15 is 0 Å². The van der Waals surface area contributed by atoms with Gasteiger partial charge in [0.2, 0.25) is 0 Å². The molecule has 0 spiro atoms. The molecule has 0 amide bonds. The van der Waals surface area contributed by atoms with E-state index in [1.54, 1.807) is 0 Å². The fourth-order valence-electron chi connectivity index (χ4n) is 2.05. The van der Waals surface area contributed by atoms with Crippen LogP contribution in [0.15, 0.2) is 24.3 Å². The molecule has 0 radical (unpaired) electrons. The zero-order valence-corrected chi connectivity index (χ0v) is 12.2. The highest BCUT2D eigenvalue weighted by Crippen LogP contribution is 2.19. The number of hydrogen-bond donors (Lipinski definition) is 3. The molecule has 20 heavy (non-hydrogen) atoms. The van der Waals surface area contributed by atoms with Crippen molar-refractivity contribution in [2.24, 2.45) is 0 Å². The summed E-state index contributed by atoms with van der Waals surface area (Å²) in [5, 5.41) is 10.9. The van der Waals surface area contributed by atoms with Crippen molar-refractivity contribution in [1.29, 1.82) is 0 Å². The number of nitrogens with zero attached hydrogens (tertiary/aromatic N) is 2. The van der Waals surface area contributed by atoms with Crippen LogP contribution in [0.3, 0.4) is 0 Å². The van der Waals surface area contributed by atoms with Crippen LogP contribution in [0.25, 0.3) is 10.9 Å². The van der Waals surface area contributed by atoms with Crippen LogP contribution in [0.2, 0.25) is 0 Å². The van der Waals surface area contributed by atoms with Gasteiger partial charge in [0.15, 0.2) is 0 Å². The Morgan fingerprint density at radius 1 is 1.10 bits per heavy atom. The molecular weight excluding hydrogens is 250 g/mol. The zero-order valence-electron chi connectivity index (χ0n) is 12.2. The first kappa shape index (κ1) is 14.7. The lowest BCUT2D eigenvalue weighted by molar-refractivity contribution is 0.693. The Morgan fingerprint density at radius 2 is 1.95 bits per heavy atom. The third-order valence-electron chi connectivity index (χ3n) is 3.08. The van der Waals surface area contributed by atoms with Crippen molar-refractivity contribution in [3.8, 4) is 0 Å². The zero-order chi connectivity index (χ0) is 14.2. The molecule has 0 fully saturated rings. The fourth-order valence-corrected chi connectivity index (χ4v) is 2.05. The molecule has 1 heterocycles. The molecule has 2 rings (SSSR count). The Hall–Kier alpha value is -1.72. The van der Waals surface area contributed by atoms with Crippen molar-refractivity contribution >= 4 is 16.7 Å². The lowest BCUT2D eigenvalue weighted by Gasteiger charge is -2.11. The van der Waals surface area contributed by atoms with Crippen LogP contribution in [-0.2, 0) is 6.54 Å². The molecule has 0 saturated heterocycles.